The second-order valence-corrected chi connectivity index (χ2v) is 9.96. The Hall–Kier alpha value is -2.24. The van der Waals surface area contributed by atoms with Crippen LogP contribution in [0.5, 0.6) is 0 Å². The normalized spacial score (nSPS) is 25.9. The number of piperidine rings is 1. The Kier molecular flexibility index (Phi) is 7.27. The topological polar surface area (TPSA) is 62.2 Å². The average Bonchev–Trinajstić information content (AvgIpc) is 3.35. The van der Waals surface area contributed by atoms with Gasteiger partial charge in [0.1, 0.15) is 6.54 Å². The summed E-state index contributed by atoms with van der Waals surface area (Å²) in [5.41, 5.74) is 0.0735. The Morgan fingerprint density at radius 3 is 2.53 bits per heavy atom. The molecule has 172 valence electrons. The summed E-state index contributed by atoms with van der Waals surface area (Å²) in [6.07, 6.45) is 11.1. The van der Waals surface area contributed by atoms with Gasteiger partial charge in [0.25, 0.3) is 0 Å². The van der Waals surface area contributed by atoms with E-state index in [0.717, 1.165) is 75.5 Å². The van der Waals surface area contributed by atoms with Gasteiger partial charge < -0.3 is 14.3 Å². The predicted molar refractivity (Wildman–Crippen MR) is 123 cm³/mol. The summed E-state index contributed by atoms with van der Waals surface area (Å²) >= 11 is 0. The molecule has 0 N–H and O–H groups in total. The molecule has 3 atom stereocenters. The molecular weight excluding hydrogens is 400 g/mol. The van der Waals surface area contributed by atoms with E-state index in [9.17, 15) is 9.90 Å². The van der Waals surface area contributed by atoms with Crippen molar-refractivity contribution in [2.75, 3.05) is 26.7 Å². The lowest BCUT2D eigenvalue weighted by Gasteiger charge is -2.46. The number of hydrogen-bond donors (Lipinski definition) is 0. The summed E-state index contributed by atoms with van der Waals surface area (Å²) in [6.45, 7) is 2.92. The van der Waals surface area contributed by atoms with E-state index in [4.69, 9.17) is 4.74 Å². The zero-order chi connectivity index (χ0) is 22.4. The zero-order valence-corrected chi connectivity index (χ0v) is 19.2. The van der Waals surface area contributed by atoms with Gasteiger partial charge in [-0.2, -0.15) is 0 Å². The average molecular weight is 437 g/mol. The highest BCUT2D eigenvalue weighted by Gasteiger charge is 2.41. The molecule has 5 heteroatoms. The number of carbonyl (C=O) groups excluding carboxylic acids is 1. The molecule has 1 aliphatic heterocycles. The van der Waals surface area contributed by atoms with Gasteiger partial charge in [-0.05, 0) is 42.0 Å². The third-order valence-corrected chi connectivity index (χ3v) is 7.49. The summed E-state index contributed by atoms with van der Waals surface area (Å²) < 4.78 is 6.90. The molecule has 0 radical (unpaired) electrons. The summed E-state index contributed by atoms with van der Waals surface area (Å²) in [5.74, 6) is -0.743. The van der Waals surface area contributed by atoms with Gasteiger partial charge in [0.15, 0.2) is 6.10 Å². The number of likely N-dealkylation sites (N-methyl/N-ethyl adjacent to an activating group) is 1. The van der Waals surface area contributed by atoms with Crippen molar-refractivity contribution >= 4 is 5.97 Å². The Bertz CT molecular complexity index is 869. The number of benzene rings is 1. The summed E-state index contributed by atoms with van der Waals surface area (Å²) in [4.78, 5) is 17.5. The molecule has 2 fully saturated rings. The third-order valence-electron chi connectivity index (χ3n) is 7.49. The Balaban J connectivity index is 1.40. The van der Waals surface area contributed by atoms with Crippen LogP contribution < -0.4 is 5.11 Å². The van der Waals surface area contributed by atoms with Crippen LogP contribution in [0.4, 0.5) is 0 Å². The fourth-order valence-corrected chi connectivity index (χ4v) is 5.67. The van der Waals surface area contributed by atoms with E-state index in [2.05, 4.69) is 24.2 Å². The monoisotopic (exact) mass is 436 g/mol. The van der Waals surface area contributed by atoms with Gasteiger partial charge in [0, 0.05) is 30.8 Å². The fraction of sp³-hybridized carbons (Fsp3) is 0.556. The molecule has 1 aliphatic carbocycles. The van der Waals surface area contributed by atoms with Crippen LogP contribution in [0.25, 0.3) is 0 Å². The first kappa shape index (κ1) is 22.9. The van der Waals surface area contributed by atoms with Gasteiger partial charge in [-0.25, -0.2) is 0 Å². The van der Waals surface area contributed by atoms with Gasteiger partial charge in [-0.3, -0.25) is 9.78 Å². The lowest BCUT2D eigenvalue weighted by Crippen LogP contribution is -2.58. The number of quaternary nitrogens is 1. The number of likely N-dealkylation sites (tertiary alicyclic amines) is 1. The number of esters is 1. The van der Waals surface area contributed by atoms with Crippen LogP contribution in [0.1, 0.15) is 56.1 Å². The molecule has 5 nitrogen and oxygen atoms in total. The van der Waals surface area contributed by atoms with Crippen LogP contribution in [0.3, 0.4) is 0 Å². The molecule has 2 heterocycles. The molecule has 2 aromatic rings. The first-order chi connectivity index (χ1) is 15.5. The maximum Gasteiger partial charge on any atom is 0.300 e. The fourth-order valence-electron chi connectivity index (χ4n) is 5.67. The summed E-state index contributed by atoms with van der Waals surface area (Å²) in [7, 11) is 2.26. The standard InChI is InChI=1S/C27H36N2O3/c1-29(19-7-9-22-15-17-28-18-16-22)20-8-14-25(21-29)32-26(30)27(31,24-12-5-6-13-24)23-10-3-2-4-11-23/h2-4,10-11,15-18,24-25H,5-9,12-14,19-21H2,1H3/t25?,27?,29-/m1/s1. The van der Waals surface area contributed by atoms with Gasteiger partial charge in [-0.15, -0.1) is 0 Å². The smallest absolute Gasteiger partial charge is 0.300 e. The Labute approximate surface area is 192 Å². The van der Waals surface area contributed by atoms with Crippen LogP contribution in [-0.4, -0.2) is 48.2 Å². The van der Waals surface area contributed by atoms with E-state index in [1.54, 1.807) is 12.1 Å². The maximum absolute atomic E-state index is 14.1. The molecule has 1 aromatic carbocycles. The molecule has 1 aromatic heterocycles. The second kappa shape index (κ2) is 10.1. The highest BCUT2D eigenvalue weighted by atomic mass is 16.6. The van der Waals surface area contributed by atoms with Gasteiger partial charge in [0.2, 0.25) is 0 Å². The van der Waals surface area contributed by atoms with Crippen molar-refractivity contribution in [2.24, 2.45) is 5.92 Å². The van der Waals surface area contributed by atoms with Crippen molar-refractivity contribution in [2.45, 2.75) is 63.1 Å². The highest BCUT2D eigenvalue weighted by Crippen LogP contribution is 2.40. The van der Waals surface area contributed by atoms with Crippen LogP contribution >= 0.6 is 0 Å². The largest absolute Gasteiger partial charge is 0.837 e. The number of ether oxygens (including phenoxy) is 1. The van der Waals surface area contributed by atoms with Gasteiger partial charge in [-0.1, -0.05) is 56.0 Å². The molecule has 4 rings (SSSR count). The quantitative estimate of drug-likeness (QED) is 0.468. The van der Waals surface area contributed by atoms with Crippen LogP contribution in [0.2, 0.25) is 0 Å². The number of rotatable bonds is 8. The maximum atomic E-state index is 14.1. The van der Waals surface area contributed by atoms with E-state index in [0.29, 0.717) is 5.56 Å². The Morgan fingerprint density at radius 2 is 1.81 bits per heavy atom. The number of aromatic nitrogens is 1. The van der Waals surface area contributed by atoms with Crippen LogP contribution in [0.15, 0.2) is 54.9 Å². The van der Waals surface area contributed by atoms with Crippen molar-refractivity contribution in [3.8, 4) is 0 Å². The zero-order valence-electron chi connectivity index (χ0n) is 19.2. The molecule has 0 amide bonds. The summed E-state index contributed by atoms with van der Waals surface area (Å²) in [5, 5.41) is 14.1. The molecule has 1 saturated heterocycles. The lowest BCUT2D eigenvalue weighted by molar-refractivity contribution is -0.917. The Morgan fingerprint density at radius 1 is 1.09 bits per heavy atom. The van der Waals surface area contributed by atoms with Gasteiger partial charge >= 0.3 is 5.97 Å². The number of nitrogens with zero attached hydrogens (tertiary/aromatic N) is 2. The van der Waals surface area contributed by atoms with Crippen molar-refractivity contribution in [3.05, 3.63) is 66.0 Å². The molecule has 0 spiro atoms. The molecule has 2 unspecified atom stereocenters. The lowest BCUT2D eigenvalue weighted by atomic mass is 9.80. The van der Waals surface area contributed by atoms with E-state index in [-0.39, 0.29) is 12.0 Å². The number of carbonyl (C=O) groups is 1. The van der Waals surface area contributed by atoms with Gasteiger partial charge in [0.05, 0.1) is 20.1 Å². The molecule has 1 saturated carbocycles. The highest BCUT2D eigenvalue weighted by molar-refractivity contribution is 5.81. The van der Waals surface area contributed by atoms with Crippen LogP contribution in [0, 0.1) is 5.92 Å². The van der Waals surface area contributed by atoms with Crippen molar-refractivity contribution in [1.82, 2.24) is 4.98 Å². The molecular formula is C27H36N2O3. The van der Waals surface area contributed by atoms with Crippen LogP contribution in [-0.2, 0) is 21.6 Å². The van der Waals surface area contributed by atoms with E-state index in [1.807, 2.05) is 30.6 Å². The predicted octanol–water partition coefficient (Wildman–Crippen LogP) is 3.61. The molecule has 2 aliphatic rings. The van der Waals surface area contributed by atoms with Crippen molar-refractivity contribution in [1.29, 1.82) is 0 Å². The van der Waals surface area contributed by atoms with Crippen molar-refractivity contribution in [3.63, 3.8) is 0 Å². The van der Waals surface area contributed by atoms with E-state index < -0.39 is 11.6 Å². The minimum atomic E-state index is -1.79. The minimum Gasteiger partial charge on any atom is -0.837 e. The third kappa shape index (κ3) is 5.21. The first-order valence-electron chi connectivity index (χ1n) is 12.2. The summed E-state index contributed by atoms with van der Waals surface area (Å²) in [6, 6.07) is 13.3. The van der Waals surface area contributed by atoms with Crippen molar-refractivity contribution < 1.29 is 19.1 Å². The number of pyridine rings is 1. The van der Waals surface area contributed by atoms with E-state index in [1.165, 1.54) is 5.56 Å². The SMILES string of the molecule is C[N@@+]1(CCCc2ccncc2)CCCC(OC(=O)C([O-])(c2ccccc2)C2CCCC2)C1. The molecule has 0 bridgehead atoms. The minimum absolute atomic E-state index is 0.178. The number of aryl methyl sites for hydroxylation is 1. The number of hydrogen-bond acceptors (Lipinski definition) is 4. The van der Waals surface area contributed by atoms with E-state index >= 15 is 0 Å². The molecule has 32 heavy (non-hydrogen) atoms. The first-order valence-corrected chi connectivity index (χ1v) is 12.2. The second-order valence-electron chi connectivity index (χ2n) is 9.96.